The van der Waals surface area contributed by atoms with Crippen molar-refractivity contribution in [2.24, 2.45) is 5.92 Å². The second-order valence-electron chi connectivity index (χ2n) is 10.9. The molecule has 0 saturated carbocycles. The van der Waals surface area contributed by atoms with E-state index in [0.717, 1.165) is 11.1 Å². The number of anilines is 1. The van der Waals surface area contributed by atoms with Gasteiger partial charge >= 0.3 is 5.97 Å². The summed E-state index contributed by atoms with van der Waals surface area (Å²) in [4.78, 5) is 57.3. The fourth-order valence-electron chi connectivity index (χ4n) is 7.02. The summed E-state index contributed by atoms with van der Waals surface area (Å²) < 4.78 is 5.17. The van der Waals surface area contributed by atoms with Gasteiger partial charge in [-0.2, -0.15) is 0 Å². The van der Waals surface area contributed by atoms with Gasteiger partial charge in [0.25, 0.3) is 0 Å². The summed E-state index contributed by atoms with van der Waals surface area (Å²) >= 11 is 6.59. The fraction of sp³-hybridized carbons (Fsp3) is 0.143. The number of rotatable bonds is 5. The molecule has 1 amide bonds. The van der Waals surface area contributed by atoms with E-state index < -0.39 is 35.2 Å². The number of fused-ring (bicyclic) bond motifs is 6. The Hall–Kier alpha value is -5.01. The first kappa shape index (κ1) is 26.9. The number of esters is 1. The van der Waals surface area contributed by atoms with Crippen LogP contribution in [0.25, 0.3) is 6.08 Å². The lowest BCUT2D eigenvalue weighted by Crippen LogP contribution is -2.49. The van der Waals surface area contributed by atoms with Crippen LogP contribution >= 0.6 is 11.6 Å². The highest BCUT2D eigenvalue weighted by Crippen LogP contribution is 2.62. The van der Waals surface area contributed by atoms with E-state index in [1.165, 1.54) is 6.92 Å². The number of hydrogen-bond acceptors (Lipinski definition) is 6. The minimum Gasteiger partial charge on any atom is -0.427 e. The van der Waals surface area contributed by atoms with E-state index in [1.807, 2.05) is 65.7 Å². The van der Waals surface area contributed by atoms with Crippen LogP contribution in [0.5, 0.6) is 5.75 Å². The van der Waals surface area contributed by atoms with Gasteiger partial charge in [0.05, 0.1) is 17.0 Å². The largest absolute Gasteiger partial charge is 0.427 e. The van der Waals surface area contributed by atoms with Crippen molar-refractivity contribution >= 4 is 46.8 Å². The van der Waals surface area contributed by atoms with E-state index in [-0.39, 0.29) is 22.3 Å². The molecule has 3 heterocycles. The van der Waals surface area contributed by atoms with Gasteiger partial charge in [-0.25, -0.2) is 0 Å². The topological polar surface area (TPSA) is 92.8 Å². The first-order chi connectivity index (χ1) is 20.8. The molecule has 212 valence electrons. The van der Waals surface area contributed by atoms with Gasteiger partial charge in [0.15, 0.2) is 11.6 Å². The summed E-state index contributed by atoms with van der Waals surface area (Å²) in [6.45, 7) is 1.30. The first-order valence-electron chi connectivity index (χ1n) is 13.9. The van der Waals surface area contributed by atoms with Gasteiger partial charge in [0, 0.05) is 29.9 Å². The van der Waals surface area contributed by atoms with Gasteiger partial charge < -0.3 is 15.0 Å². The van der Waals surface area contributed by atoms with Gasteiger partial charge in [0.2, 0.25) is 5.91 Å². The number of hydrogen-bond donors (Lipinski definition) is 1. The minimum absolute atomic E-state index is 0.242. The quantitative estimate of drug-likeness (QED) is 0.168. The van der Waals surface area contributed by atoms with Gasteiger partial charge in [-0.05, 0) is 65.2 Å². The minimum atomic E-state index is -1.45. The van der Waals surface area contributed by atoms with Crippen LogP contribution in [-0.4, -0.2) is 34.4 Å². The summed E-state index contributed by atoms with van der Waals surface area (Å²) in [6.07, 6.45) is 3.73. The number of carbonyl (C=O) groups is 4. The highest BCUT2D eigenvalue weighted by Gasteiger charge is 2.70. The lowest BCUT2D eigenvalue weighted by Gasteiger charge is -2.38. The maximum Gasteiger partial charge on any atom is 0.308 e. The fourth-order valence-corrected chi connectivity index (χ4v) is 7.25. The van der Waals surface area contributed by atoms with Crippen LogP contribution in [0.15, 0.2) is 103 Å². The number of carbonyl (C=O) groups excluding carboxylic acids is 4. The number of para-hydroxylation sites is 1. The zero-order chi connectivity index (χ0) is 29.9. The monoisotopic (exact) mass is 588 g/mol. The average Bonchev–Trinajstić information content (AvgIpc) is 3.49. The van der Waals surface area contributed by atoms with Crippen molar-refractivity contribution in [1.82, 2.24) is 4.90 Å². The molecule has 0 unspecified atom stereocenters. The summed E-state index contributed by atoms with van der Waals surface area (Å²) in [7, 11) is 0. The maximum absolute atomic E-state index is 14.8. The molecule has 0 radical (unpaired) electrons. The Bertz CT molecular complexity index is 1870. The summed E-state index contributed by atoms with van der Waals surface area (Å²) in [5.41, 5.74) is 2.11. The highest BCUT2D eigenvalue weighted by molar-refractivity contribution is 6.34. The molecular formula is C35H25ClN2O5. The predicted molar refractivity (Wildman–Crippen MR) is 162 cm³/mol. The van der Waals surface area contributed by atoms with Crippen LogP contribution in [0.1, 0.15) is 50.4 Å². The van der Waals surface area contributed by atoms with E-state index in [0.29, 0.717) is 22.6 Å². The molecule has 4 aromatic carbocycles. The molecule has 7 nitrogen and oxygen atoms in total. The molecule has 4 aromatic rings. The molecule has 0 bridgehead atoms. The smallest absolute Gasteiger partial charge is 0.308 e. The number of ketones is 2. The highest BCUT2D eigenvalue weighted by atomic mass is 35.5. The molecule has 4 atom stereocenters. The summed E-state index contributed by atoms with van der Waals surface area (Å²) in [5.74, 6) is -2.41. The molecule has 8 heteroatoms. The van der Waals surface area contributed by atoms with Crippen LogP contribution in [0, 0.1) is 5.92 Å². The number of ether oxygens (including phenoxy) is 1. The van der Waals surface area contributed by atoms with Crippen molar-refractivity contribution < 1.29 is 23.9 Å². The third kappa shape index (κ3) is 3.96. The zero-order valence-electron chi connectivity index (χ0n) is 23.0. The predicted octanol–water partition coefficient (Wildman–Crippen LogP) is 6.25. The third-order valence-corrected chi connectivity index (χ3v) is 8.99. The number of nitrogens with zero attached hydrogens (tertiary/aromatic N) is 1. The average molecular weight is 589 g/mol. The van der Waals surface area contributed by atoms with Gasteiger partial charge in [-0.15, -0.1) is 0 Å². The van der Waals surface area contributed by atoms with Crippen LogP contribution in [0.4, 0.5) is 5.69 Å². The lowest BCUT2D eigenvalue weighted by molar-refractivity contribution is -0.131. The SMILES string of the molecule is CC(=O)Oc1ccc(C(=O)[C@@H]2[C@H](C(=O)c3ccccc3Cl)[C@@]3(C(=O)Nc4ccccc43)[C@@H]3c4ccccc4C=CN23)cc1. The number of halogens is 1. The molecule has 0 aromatic heterocycles. The molecular weight excluding hydrogens is 564 g/mol. The van der Waals surface area contributed by atoms with E-state index in [2.05, 4.69) is 5.32 Å². The standard InChI is InChI=1S/C35H25ClN2O5/c1-20(39)43-23-16-14-22(15-17-23)31(40)30-29(32(41)25-10-4-6-12-27(25)36)35(26-11-5-7-13-28(26)37-34(35)42)33-24-9-3-2-8-21(24)18-19-38(30)33/h2-19,29-30,33H,1H3,(H,37,42)/t29-,30+,33+,35-/m1/s1. The van der Waals surface area contributed by atoms with Crippen molar-refractivity contribution in [3.63, 3.8) is 0 Å². The van der Waals surface area contributed by atoms with Crippen LogP contribution in [-0.2, 0) is 15.0 Å². The van der Waals surface area contributed by atoms with Gasteiger partial charge in [-0.1, -0.05) is 66.2 Å². The third-order valence-electron chi connectivity index (χ3n) is 8.66. The van der Waals surface area contributed by atoms with E-state index in [4.69, 9.17) is 16.3 Å². The van der Waals surface area contributed by atoms with Crippen LogP contribution in [0.2, 0.25) is 5.02 Å². The number of benzene rings is 4. The Kier molecular flexibility index (Phi) is 6.29. The zero-order valence-corrected chi connectivity index (χ0v) is 23.7. The molecule has 1 fully saturated rings. The Morgan fingerprint density at radius 3 is 2.33 bits per heavy atom. The molecule has 0 aliphatic carbocycles. The van der Waals surface area contributed by atoms with Gasteiger partial charge in [0.1, 0.15) is 17.2 Å². The molecule has 1 spiro atoms. The normalized spacial score (nSPS) is 22.9. The first-order valence-corrected chi connectivity index (χ1v) is 14.3. The molecule has 43 heavy (non-hydrogen) atoms. The summed E-state index contributed by atoms with van der Waals surface area (Å²) in [6, 6.07) is 26.3. The van der Waals surface area contributed by atoms with Gasteiger partial charge in [-0.3, -0.25) is 19.2 Å². The number of amides is 1. The second kappa shape index (κ2) is 10.1. The van der Waals surface area contributed by atoms with E-state index >= 15 is 0 Å². The Morgan fingerprint density at radius 2 is 1.56 bits per heavy atom. The second-order valence-corrected chi connectivity index (χ2v) is 11.3. The summed E-state index contributed by atoms with van der Waals surface area (Å²) in [5, 5.41) is 3.28. The molecule has 3 aliphatic rings. The van der Waals surface area contributed by atoms with E-state index in [1.54, 1.807) is 48.5 Å². The number of Topliss-reactive ketones (excluding diaryl/α,β-unsaturated/α-hetero) is 2. The van der Waals surface area contributed by atoms with Crippen LogP contribution < -0.4 is 10.1 Å². The molecule has 7 rings (SSSR count). The number of nitrogens with one attached hydrogen (secondary N) is 1. The Morgan fingerprint density at radius 1 is 0.860 bits per heavy atom. The van der Waals surface area contributed by atoms with Crippen molar-refractivity contribution in [1.29, 1.82) is 0 Å². The maximum atomic E-state index is 14.8. The van der Waals surface area contributed by atoms with E-state index in [9.17, 15) is 19.2 Å². The Labute approximate surface area is 252 Å². The van der Waals surface area contributed by atoms with Crippen molar-refractivity contribution in [3.05, 3.63) is 136 Å². The lowest BCUT2D eigenvalue weighted by atomic mass is 9.62. The van der Waals surface area contributed by atoms with Crippen molar-refractivity contribution in [3.8, 4) is 5.75 Å². The molecule has 1 N–H and O–H groups in total. The molecule has 3 aliphatic heterocycles. The molecule has 1 saturated heterocycles. The Balaban J connectivity index is 1.49. The van der Waals surface area contributed by atoms with Crippen LogP contribution in [0.3, 0.4) is 0 Å². The van der Waals surface area contributed by atoms with Crippen molar-refractivity contribution in [2.45, 2.75) is 24.4 Å². The van der Waals surface area contributed by atoms with Crippen molar-refractivity contribution in [2.75, 3.05) is 5.32 Å².